The molecule has 4 fully saturated rings. The highest BCUT2D eigenvalue weighted by atomic mass is 35.5. The summed E-state index contributed by atoms with van der Waals surface area (Å²) in [7, 11) is 1.89. The summed E-state index contributed by atoms with van der Waals surface area (Å²) in [5, 5.41) is 13.9. The molecule has 2 aliphatic carbocycles. The van der Waals surface area contributed by atoms with Crippen LogP contribution in [0.2, 0.25) is 5.02 Å². The van der Waals surface area contributed by atoms with E-state index < -0.39 is 11.6 Å². The number of halogens is 3. The lowest BCUT2D eigenvalue weighted by Gasteiger charge is -2.37. The van der Waals surface area contributed by atoms with Crippen molar-refractivity contribution in [2.24, 2.45) is 11.3 Å². The number of nitrogen functional groups attached to an aromatic ring is 1. The number of hydrogen-bond acceptors (Lipinski definition) is 10. The fourth-order valence-corrected chi connectivity index (χ4v) is 8.96. The molecule has 4 aromatic rings. The first-order chi connectivity index (χ1) is 21.8. The van der Waals surface area contributed by atoms with Crippen molar-refractivity contribution >= 4 is 54.7 Å². The fraction of sp³-hybridized carbons (Fsp3) is 0.469. The number of benzene rings is 2. The average molecular weight is 653 g/mol. The van der Waals surface area contributed by atoms with Crippen LogP contribution in [0, 0.1) is 34.3 Å². The summed E-state index contributed by atoms with van der Waals surface area (Å²) < 4.78 is 50.8. The zero-order valence-electron chi connectivity index (χ0n) is 24.6. The van der Waals surface area contributed by atoms with Crippen LogP contribution in [0.1, 0.15) is 37.7 Å². The van der Waals surface area contributed by atoms with Crippen LogP contribution in [0.25, 0.3) is 32.1 Å². The number of anilines is 2. The van der Waals surface area contributed by atoms with Crippen molar-refractivity contribution in [1.29, 1.82) is 5.26 Å². The number of hydrogen-bond donors (Lipinski definition) is 2. The predicted octanol–water partition coefficient (Wildman–Crippen LogP) is 6.04. The number of nitrogens with two attached hydrogens (primary N) is 1. The zero-order chi connectivity index (χ0) is 31.0. The molecule has 3 N–H and O–H groups in total. The van der Waals surface area contributed by atoms with Crippen LogP contribution < -0.4 is 25.4 Å². The van der Waals surface area contributed by atoms with E-state index in [1.54, 1.807) is 0 Å². The van der Waals surface area contributed by atoms with E-state index >= 15 is 4.39 Å². The number of nitrogens with zero attached hydrogens (tertiary/aromatic N) is 4. The van der Waals surface area contributed by atoms with Crippen LogP contribution in [0.5, 0.6) is 11.8 Å². The van der Waals surface area contributed by atoms with Crippen LogP contribution in [0.15, 0.2) is 12.1 Å². The molecule has 0 spiro atoms. The van der Waals surface area contributed by atoms with E-state index in [0.29, 0.717) is 44.1 Å². The van der Waals surface area contributed by atoms with E-state index in [1.807, 2.05) is 7.05 Å². The molecule has 2 saturated heterocycles. The second-order valence-corrected chi connectivity index (χ2v) is 14.1. The molecule has 0 radical (unpaired) electrons. The molecular weight excluding hydrogens is 622 g/mol. The topological polar surface area (TPSA) is 119 Å². The molecule has 45 heavy (non-hydrogen) atoms. The van der Waals surface area contributed by atoms with Crippen molar-refractivity contribution in [2.45, 2.75) is 44.2 Å². The number of thiophene rings is 1. The van der Waals surface area contributed by atoms with Crippen LogP contribution in [-0.4, -0.2) is 62.1 Å². The third-order valence-electron chi connectivity index (χ3n) is 9.93. The smallest absolute Gasteiger partial charge is 0.319 e. The standard InChI is InChI=1S/C32H31ClF2N6O3S/c1-38-7-8-41-20-4-2-3-15(20)12-42-27-23-26(39-31(40-30(23)41)44-14-32-9-16(10-32)43-13-32)25(35)22(24(27)33)17-5-6-19(34)28-21(17)18(11-36)29(37)45-28/h5-6,15-16,20,38H,2-4,7-10,12-14,37H2,1H3. The number of nitriles is 1. The molecule has 2 aromatic heterocycles. The van der Waals surface area contributed by atoms with Crippen molar-refractivity contribution in [1.82, 2.24) is 15.3 Å². The Bertz CT molecular complexity index is 1900. The van der Waals surface area contributed by atoms with Crippen LogP contribution >= 0.6 is 22.9 Å². The normalized spacial score (nSPS) is 25.0. The second-order valence-electron chi connectivity index (χ2n) is 12.6. The Morgan fingerprint density at radius 1 is 1.27 bits per heavy atom. The first-order valence-electron chi connectivity index (χ1n) is 15.2. The molecule has 2 bridgehead atoms. The minimum Gasteiger partial charge on any atom is -0.491 e. The van der Waals surface area contributed by atoms with Crippen molar-refractivity contribution in [3.05, 3.63) is 34.4 Å². The lowest BCUT2D eigenvalue weighted by Crippen LogP contribution is -2.44. The van der Waals surface area contributed by atoms with Gasteiger partial charge < -0.3 is 30.2 Å². The molecule has 0 amide bonds. The average Bonchev–Trinajstić information content (AvgIpc) is 3.80. The maximum absolute atomic E-state index is 17.2. The van der Waals surface area contributed by atoms with Gasteiger partial charge in [-0.3, -0.25) is 0 Å². The fourth-order valence-electron chi connectivity index (χ4n) is 7.68. The number of rotatable bonds is 7. The molecule has 2 unspecified atom stereocenters. The van der Waals surface area contributed by atoms with E-state index in [-0.39, 0.29) is 77.6 Å². The molecule has 13 heteroatoms. The molecule has 3 aliphatic heterocycles. The SMILES string of the molecule is CNCCN1c2nc(OCC34COC(C3)C4)nc3c(F)c(-c4ccc(F)c5sc(N)c(C#N)c45)c(Cl)c(c23)OCC2CCCC21. The molecule has 2 saturated carbocycles. The summed E-state index contributed by atoms with van der Waals surface area (Å²) in [6.45, 7) is 2.67. The van der Waals surface area contributed by atoms with E-state index in [1.165, 1.54) is 12.1 Å². The Labute approximate surface area is 267 Å². The minimum absolute atomic E-state index is 0.00704. The highest BCUT2D eigenvalue weighted by molar-refractivity contribution is 7.23. The zero-order valence-corrected chi connectivity index (χ0v) is 26.2. The van der Waals surface area contributed by atoms with E-state index in [9.17, 15) is 9.65 Å². The predicted molar refractivity (Wildman–Crippen MR) is 169 cm³/mol. The van der Waals surface area contributed by atoms with Crippen LogP contribution in [0.3, 0.4) is 0 Å². The van der Waals surface area contributed by atoms with Crippen LogP contribution in [0.4, 0.5) is 19.6 Å². The van der Waals surface area contributed by atoms with Crippen molar-refractivity contribution in [3.63, 3.8) is 0 Å². The summed E-state index contributed by atoms with van der Waals surface area (Å²) in [4.78, 5) is 11.8. The van der Waals surface area contributed by atoms with Gasteiger partial charge in [0.2, 0.25) is 0 Å². The minimum atomic E-state index is -0.736. The third kappa shape index (κ3) is 4.42. The molecule has 2 atom stereocenters. The number of aromatic nitrogens is 2. The summed E-state index contributed by atoms with van der Waals surface area (Å²) in [5.41, 5.74) is 6.29. The lowest BCUT2D eigenvalue weighted by molar-refractivity contribution is 0.0785. The molecule has 5 heterocycles. The number of nitrogens with one attached hydrogen (secondary N) is 1. The highest BCUT2D eigenvalue weighted by Gasteiger charge is 2.52. The van der Waals surface area contributed by atoms with Gasteiger partial charge in [-0.15, -0.1) is 11.3 Å². The Balaban J connectivity index is 1.39. The van der Waals surface area contributed by atoms with Gasteiger partial charge in [-0.1, -0.05) is 24.1 Å². The van der Waals surface area contributed by atoms with E-state index in [2.05, 4.69) is 21.3 Å². The largest absolute Gasteiger partial charge is 0.491 e. The number of ether oxygens (including phenoxy) is 3. The number of fused-ring (bicyclic) bond motifs is 3. The van der Waals surface area contributed by atoms with Crippen molar-refractivity contribution < 1.29 is 23.0 Å². The van der Waals surface area contributed by atoms with Gasteiger partial charge in [-0.2, -0.15) is 15.2 Å². The quantitative estimate of drug-likeness (QED) is 0.246. The lowest BCUT2D eigenvalue weighted by atomic mass is 9.71. The highest BCUT2D eigenvalue weighted by Crippen LogP contribution is 2.53. The Kier molecular flexibility index (Phi) is 6.94. The van der Waals surface area contributed by atoms with Gasteiger partial charge in [0.25, 0.3) is 0 Å². The summed E-state index contributed by atoms with van der Waals surface area (Å²) >= 11 is 8.05. The second kappa shape index (κ2) is 10.8. The molecule has 2 aromatic carbocycles. The Morgan fingerprint density at radius 2 is 2.11 bits per heavy atom. The van der Waals surface area contributed by atoms with Gasteiger partial charge in [0.05, 0.1) is 46.6 Å². The molecule has 5 aliphatic rings. The van der Waals surface area contributed by atoms with E-state index in [0.717, 1.165) is 43.4 Å². The monoisotopic (exact) mass is 652 g/mol. The molecular formula is C32H31ClF2N6O3S. The van der Waals surface area contributed by atoms with Crippen molar-refractivity contribution in [2.75, 3.05) is 50.6 Å². The molecule has 234 valence electrons. The maximum Gasteiger partial charge on any atom is 0.319 e. The van der Waals surface area contributed by atoms with Gasteiger partial charge in [-0.25, -0.2) is 8.78 Å². The van der Waals surface area contributed by atoms with Gasteiger partial charge in [0, 0.05) is 41.4 Å². The van der Waals surface area contributed by atoms with Crippen LogP contribution in [-0.2, 0) is 4.74 Å². The van der Waals surface area contributed by atoms with Gasteiger partial charge in [-0.05, 0) is 44.4 Å². The summed E-state index contributed by atoms with van der Waals surface area (Å²) in [6, 6.07) is 4.92. The first-order valence-corrected chi connectivity index (χ1v) is 16.4. The van der Waals surface area contributed by atoms with Gasteiger partial charge in [0.1, 0.15) is 28.2 Å². The van der Waals surface area contributed by atoms with Crippen molar-refractivity contribution in [3.8, 4) is 29.0 Å². The third-order valence-corrected chi connectivity index (χ3v) is 11.3. The Hall–Kier alpha value is -3.50. The summed E-state index contributed by atoms with van der Waals surface area (Å²) in [5.74, 6) is -0.322. The first kappa shape index (κ1) is 28.9. The van der Waals surface area contributed by atoms with Gasteiger partial charge in [0.15, 0.2) is 11.6 Å². The van der Waals surface area contributed by atoms with E-state index in [4.69, 9.17) is 36.5 Å². The van der Waals surface area contributed by atoms with Gasteiger partial charge >= 0.3 is 6.01 Å². The summed E-state index contributed by atoms with van der Waals surface area (Å²) in [6.07, 6.45) is 5.07. The number of likely N-dealkylation sites (N-methyl/N-ethyl adjacent to an activating group) is 1. The molecule has 9 nitrogen and oxygen atoms in total. The maximum atomic E-state index is 17.2. The Morgan fingerprint density at radius 3 is 2.87 bits per heavy atom. The molecule has 9 rings (SSSR count).